The quantitative estimate of drug-likeness (QED) is 0.0452. The van der Waals surface area contributed by atoms with Crippen LogP contribution in [0.2, 0.25) is 20.1 Å². The summed E-state index contributed by atoms with van der Waals surface area (Å²) in [5.41, 5.74) is 4.76. The van der Waals surface area contributed by atoms with Gasteiger partial charge in [-0.05, 0) is 143 Å². The van der Waals surface area contributed by atoms with Crippen LogP contribution >= 0.6 is 58.2 Å². The summed E-state index contributed by atoms with van der Waals surface area (Å²) >= 11 is 27.6. The van der Waals surface area contributed by atoms with Gasteiger partial charge in [0.15, 0.2) is 11.7 Å². The molecular weight excluding hydrogens is 1090 g/mol. The standard InChI is InChI=1S/C57H59Cl4N5O8S2/c1-6-7-8-9-10-11-12-13-17-49(73-40-23-27-42(28-24-40)76(71,72)41-25-21-39(67)22-26-41)54(68)62-38-20-29-43(59)47(34-38)63-53-52(55(69)66(65-53)51-44(60)32-37(58)33-45(51)61)75-50-18-15-14-16-46(50)64-56(70)57(4,5)74-48-30-19-35(2)31-36(48)3/h14-16,18-34,49,52,67H,6-13,17H2,1-5H3,(H,62,68)(H,63,65)(H,64,70). The van der Waals surface area contributed by atoms with Crippen molar-refractivity contribution in [2.45, 2.75) is 124 Å². The third-order valence-corrected chi connectivity index (χ3v) is 16.5. The van der Waals surface area contributed by atoms with Crippen molar-refractivity contribution in [1.29, 1.82) is 0 Å². The Morgan fingerprint density at radius 2 is 1.42 bits per heavy atom. The van der Waals surface area contributed by atoms with Gasteiger partial charge in [-0.1, -0.05) is 128 Å². The van der Waals surface area contributed by atoms with Crippen LogP contribution in [0.25, 0.3) is 0 Å². The first-order valence-electron chi connectivity index (χ1n) is 24.8. The molecule has 1 fully saturated rings. The Kier molecular flexibility index (Phi) is 19.7. The van der Waals surface area contributed by atoms with Gasteiger partial charge in [-0.2, -0.15) is 0 Å². The van der Waals surface area contributed by atoms with Crippen molar-refractivity contribution in [3.63, 3.8) is 0 Å². The topological polar surface area (TPSA) is 176 Å². The number of phenolic OH excluding ortho intramolecular Hbond substituents is 1. The van der Waals surface area contributed by atoms with Gasteiger partial charge in [-0.15, -0.1) is 11.8 Å². The number of anilines is 3. The van der Waals surface area contributed by atoms with E-state index in [4.69, 9.17) is 60.9 Å². The summed E-state index contributed by atoms with van der Waals surface area (Å²) in [6.07, 6.45) is 7.76. The highest BCUT2D eigenvalue weighted by molar-refractivity contribution is 8.01. The van der Waals surface area contributed by atoms with Gasteiger partial charge in [0.25, 0.3) is 17.7 Å². The summed E-state index contributed by atoms with van der Waals surface area (Å²) in [6, 6.07) is 31.5. The molecule has 7 rings (SSSR count). The zero-order valence-electron chi connectivity index (χ0n) is 42.6. The van der Waals surface area contributed by atoms with Gasteiger partial charge >= 0.3 is 0 Å². The molecule has 6 aromatic rings. The number of rotatable bonds is 23. The van der Waals surface area contributed by atoms with E-state index >= 15 is 0 Å². The van der Waals surface area contributed by atoms with E-state index in [9.17, 15) is 27.9 Å². The number of aliphatic imine (C=N–C) groups is 1. The van der Waals surface area contributed by atoms with Crippen LogP contribution in [-0.2, 0) is 24.2 Å². The highest BCUT2D eigenvalue weighted by atomic mass is 35.5. The van der Waals surface area contributed by atoms with Gasteiger partial charge < -0.3 is 25.2 Å². The SMILES string of the molecule is CCCCCCCCCCC(Oc1ccc(S(=O)(=O)c2ccc(O)cc2)cc1)C(=O)Nc1ccc(Cl)c(N=C2NN(c3c(Cl)cc(Cl)cc3Cl)C(=O)C2Sc2ccccc2NC(=O)C(C)(C)Oc2ccc(C)cc2C)c1. The van der Waals surface area contributed by atoms with Crippen molar-refractivity contribution in [1.82, 2.24) is 5.43 Å². The summed E-state index contributed by atoms with van der Waals surface area (Å²) in [7, 11) is -3.90. The number of ether oxygens (including phenoxy) is 2. The summed E-state index contributed by atoms with van der Waals surface area (Å²) in [6.45, 7) is 9.41. The highest BCUT2D eigenvalue weighted by Crippen LogP contribution is 2.42. The van der Waals surface area contributed by atoms with Crippen molar-refractivity contribution in [3.8, 4) is 17.2 Å². The third kappa shape index (κ3) is 14.7. The predicted octanol–water partition coefficient (Wildman–Crippen LogP) is 14.9. The molecule has 76 heavy (non-hydrogen) atoms. The fourth-order valence-electron chi connectivity index (χ4n) is 8.23. The number of amidine groups is 1. The maximum Gasteiger partial charge on any atom is 0.268 e. The molecule has 6 aromatic carbocycles. The number of phenols is 1. The molecule has 400 valence electrons. The van der Waals surface area contributed by atoms with E-state index < -0.39 is 44.5 Å². The van der Waals surface area contributed by atoms with Gasteiger partial charge in [0.05, 0.1) is 36.2 Å². The van der Waals surface area contributed by atoms with E-state index in [1.165, 1.54) is 78.5 Å². The molecule has 1 heterocycles. The summed E-state index contributed by atoms with van der Waals surface area (Å²) < 4.78 is 39.2. The molecule has 19 heteroatoms. The molecule has 1 saturated heterocycles. The minimum absolute atomic E-state index is 0.0150. The minimum Gasteiger partial charge on any atom is -0.508 e. The van der Waals surface area contributed by atoms with Crippen molar-refractivity contribution >= 4 is 114 Å². The average molecular weight is 1150 g/mol. The maximum absolute atomic E-state index is 14.7. The molecule has 0 aromatic heterocycles. The van der Waals surface area contributed by atoms with Gasteiger partial charge in [0, 0.05) is 15.6 Å². The number of hydrogen-bond acceptors (Lipinski definition) is 10. The lowest BCUT2D eigenvalue weighted by molar-refractivity contribution is -0.128. The molecule has 0 bridgehead atoms. The second-order valence-corrected chi connectivity index (χ2v) is 23.6. The van der Waals surface area contributed by atoms with E-state index in [1.807, 2.05) is 32.0 Å². The lowest BCUT2D eigenvalue weighted by atomic mass is 10.1. The average Bonchev–Trinajstić information content (AvgIpc) is 3.66. The van der Waals surface area contributed by atoms with Gasteiger partial charge in [0.2, 0.25) is 9.84 Å². The Balaban J connectivity index is 1.15. The Morgan fingerprint density at radius 1 is 0.789 bits per heavy atom. The van der Waals surface area contributed by atoms with E-state index in [-0.39, 0.29) is 58.6 Å². The number of thioether (sulfide) groups is 1. The summed E-state index contributed by atoms with van der Waals surface area (Å²) in [5.74, 6) is -0.496. The second kappa shape index (κ2) is 25.9. The Hall–Kier alpha value is -5.94. The number of para-hydroxylation sites is 1. The number of hydrogen-bond donors (Lipinski definition) is 4. The van der Waals surface area contributed by atoms with Crippen LogP contribution in [0.3, 0.4) is 0 Å². The second-order valence-electron chi connectivity index (χ2n) is 18.8. The van der Waals surface area contributed by atoms with Crippen LogP contribution in [0, 0.1) is 13.8 Å². The highest BCUT2D eigenvalue weighted by Gasteiger charge is 2.42. The molecule has 3 amide bonds. The van der Waals surface area contributed by atoms with Crippen LogP contribution in [-0.4, -0.2) is 54.0 Å². The number of nitrogens with one attached hydrogen (secondary N) is 3. The lowest BCUT2D eigenvalue weighted by Crippen LogP contribution is -2.42. The summed E-state index contributed by atoms with van der Waals surface area (Å²) in [5, 5.41) is 16.3. The van der Waals surface area contributed by atoms with Crippen LogP contribution in [0.1, 0.15) is 89.7 Å². The van der Waals surface area contributed by atoms with Gasteiger partial charge in [-0.3, -0.25) is 19.8 Å². The normalized spacial score (nSPS) is 14.6. The fraction of sp³-hybridized carbons (Fsp3) is 0.298. The Morgan fingerprint density at radius 3 is 2.08 bits per heavy atom. The molecule has 4 N–H and O–H groups in total. The maximum atomic E-state index is 14.7. The fourth-order valence-corrected chi connectivity index (χ4v) is 11.7. The van der Waals surface area contributed by atoms with E-state index in [2.05, 4.69) is 23.0 Å². The molecule has 0 spiro atoms. The molecule has 2 atom stereocenters. The van der Waals surface area contributed by atoms with Crippen molar-refractivity contribution in [2.75, 3.05) is 15.6 Å². The Labute approximate surface area is 468 Å². The molecular formula is C57H59Cl4N5O8S2. The van der Waals surface area contributed by atoms with Crippen LogP contribution in [0.4, 0.5) is 22.7 Å². The number of carbonyl (C=O) groups is 3. The van der Waals surface area contributed by atoms with Crippen LogP contribution in [0.15, 0.2) is 141 Å². The van der Waals surface area contributed by atoms with Crippen molar-refractivity contribution in [2.24, 2.45) is 4.99 Å². The predicted molar refractivity (Wildman–Crippen MR) is 306 cm³/mol. The first-order valence-corrected chi connectivity index (χ1v) is 28.7. The zero-order valence-corrected chi connectivity index (χ0v) is 47.3. The number of hydrazine groups is 1. The molecule has 0 saturated carbocycles. The van der Waals surface area contributed by atoms with Gasteiger partial charge in [-0.25, -0.2) is 18.4 Å². The Bertz CT molecular complexity index is 3190. The number of nitrogens with zero attached hydrogens (tertiary/aromatic N) is 2. The van der Waals surface area contributed by atoms with Crippen molar-refractivity contribution in [3.05, 3.63) is 153 Å². The third-order valence-electron chi connectivity index (χ3n) is 12.4. The van der Waals surface area contributed by atoms with E-state index in [0.717, 1.165) is 55.0 Å². The number of unbranched alkanes of at least 4 members (excludes halogenated alkanes) is 7. The van der Waals surface area contributed by atoms with Crippen LogP contribution < -0.4 is 30.5 Å². The number of amides is 3. The first-order chi connectivity index (χ1) is 36.2. The number of benzene rings is 6. The smallest absolute Gasteiger partial charge is 0.268 e. The number of carbonyl (C=O) groups excluding carboxylic acids is 3. The molecule has 0 aliphatic carbocycles. The van der Waals surface area contributed by atoms with Crippen LogP contribution in [0.5, 0.6) is 17.2 Å². The lowest BCUT2D eigenvalue weighted by Gasteiger charge is -2.27. The minimum atomic E-state index is -3.90. The number of aromatic hydroxyl groups is 1. The number of sulfone groups is 1. The molecule has 0 radical (unpaired) electrons. The molecule has 1 aliphatic rings. The first kappa shape index (κ1) is 57.8. The number of halogens is 4. The molecule has 1 aliphatic heterocycles. The largest absolute Gasteiger partial charge is 0.508 e. The van der Waals surface area contributed by atoms with E-state index in [0.29, 0.717) is 34.9 Å². The zero-order chi connectivity index (χ0) is 54.7. The van der Waals surface area contributed by atoms with Crippen molar-refractivity contribution < 1.29 is 37.4 Å². The molecule has 2 unspecified atom stereocenters. The number of aryl methyl sites for hydroxylation is 2. The van der Waals surface area contributed by atoms with E-state index in [1.54, 1.807) is 56.3 Å². The van der Waals surface area contributed by atoms with Gasteiger partial charge in [0.1, 0.15) is 34.0 Å². The molecule has 13 nitrogen and oxygen atoms in total. The summed E-state index contributed by atoms with van der Waals surface area (Å²) in [4.78, 5) is 48.3. The monoisotopic (exact) mass is 1150 g/mol.